The van der Waals surface area contributed by atoms with Crippen molar-refractivity contribution >= 4 is 6.03 Å². The van der Waals surface area contributed by atoms with Crippen molar-refractivity contribution in [1.29, 1.82) is 0 Å². The molecular formula is C27H52N4O. The molecule has 3 saturated heterocycles. The Kier molecular flexibility index (Phi) is 7.06. The predicted molar refractivity (Wildman–Crippen MR) is 135 cm³/mol. The van der Waals surface area contributed by atoms with E-state index in [-0.39, 0.29) is 28.2 Å². The maximum atomic E-state index is 14.0. The van der Waals surface area contributed by atoms with Crippen LogP contribution in [0.25, 0.3) is 0 Å². The third kappa shape index (κ3) is 4.21. The summed E-state index contributed by atoms with van der Waals surface area (Å²) in [5.41, 5.74) is 0.286. The van der Waals surface area contributed by atoms with Crippen molar-refractivity contribution in [3.63, 3.8) is 0 Å². The Balaban J connectivity index is 1.87. The van der Waals surface area contributed by atoms with E-state index in [1.807, 2.05) is 0 Å². The van der Waals surface area contributed by atoms with Gasteiger partial charge < -0.3 is 20.4 Å². The van der Waals surface area contributed by atoms with Crippen molar-refractivity contribution in [3.8, 4) is 0 Å². The maximum Gasteiger partial charge on any atom is 0.320 e. The molecule has 3 fully saturated rings. The molecule has 0 aromatic rings. The fraction of sp³-hybridized carbons (Fsp3) is 0.963. The summed E-state index contributed by atoms with van der Waals surface area (Å²) in [6.45, 7) is 25.0. The van der Waals surface area contributed by atoms with Gasteiger partial charge in [0.25, 0.3) is 0 Å². The molecule has 0 saturated carbocycles. The van der Waals surface area contributed by atoms with Crippen molar-refractivity contribution in [2.75, 3.05) is 13.1 Å². The topological polar surface area (TPSA) is 47.6 Å². The molecule has 32 heavy (non-hydrogen) atoms. The number of rotatable bonds is 6. The summed E-state index contributed by atoms with van der Waals surface area (Å²) >= 11 is 0. The second kappa shape index (κ2) is 8.76. The van der Waals surface area contributed by atoms with E-state index in [4.69, 9.17) is 0 Å². The Bertz CT molecular complexity index is 643. The molecule has 186 valence electrons. The van der Waals surface area contributed by atoms with Gasteiger partial charge in [-0.05, 0) is 78.1 Å². The first-order valence-corrected chi connectivity index (χ1v) is 13.5. The highest BCUT2D eigenvalue weighted by molar-refractivity contribution is 5.77. The fourth-order valence-corrected chi connectivity index (χ4v) is 7.07. The number of carbonyl (C=O) groups excluding carboxylic acids is 1. The van der Waals surface area contributed by atoms with E-state index >= 15 is 0 Å². The van der Waals surface area contributed by atoms with Gasteiger partial charge in [-0.3, -0.25) is 0 Å². The van der Waals surface area contributed by atoms with Crippen LogP contribution in [0.3, 0.4) is 0 Å². The number of urea groups is 1. The van der Waals surface area contributed by atoms with Crippen molar-refractivity contribution in [1.82, 2.24) is 20.4 Å². The Hall–Kier alpha value is -0.810. The fourth-order valence-electron chi connectivity index (χ4n) is 7.07. The van der Waals surface area contributed by atoms with Gasteiger partial charge in [-0.2, -0.15) is 0 Å². The normalized spacial score (nSPS) is 47.9. The summed E-state index contributed by atoms with van der Waals surface area (Å²) in [6, 6.07) is 0.892. The quantitative estimate of drug-likeness (QED) is 0.572. The van der Waals surface area contributed by atoms with Gasteiger partial charge in [0.15, 0.2) is 0 Å². The summed E-state index contributed by atoms with van der Waals surface area (Å²) in [4.78, 5) is 18.5. The van der Waals surface area contributed by atoms with E-state index in [9.17, 15) is 4.79 Å². The van der Waals surface area contributed by atoms with Gasteiger partial charge in [-0.15, -0.1) is 0 Å². The first-order chi connectivity index (χ1) is 14.8. The highest BCUT2D eigenvalue weighted by Crippen LogP contribution is 2.43. The van der Waals surface area contributed by atoms with E-state index in [0.717, 1.165) is 51.6 Å². The number of piperidine rings is 2. The molecule has 5 nitrogen and oxygen atoms in total. The number of nitrogens with one attached hydrogen (secondary N) is 2. The van der Waals surface area contributed by atoms with Crippen LogP contribution in [0.1, 0.15) is 108 Å². The van der Waals surface area contributed by atoms with Crippen molar-refractivity contribution in [2.45, 2.75) is 142 Å². The summed E-state index contributed by atoms with van der Waals surface area (Å²) in [5, 5.41) is 7.96. The molecule has 0 bridgehead atoms. The molecule has 3 aliphatic heterocycles. The third-order valence-corrected chi connectivity index (χ3v) is 10.6. The van der Waals surface area contributed by atoms with Gasteiger partial charge in [0.1, 0.15) is 0 Å². The molecule has 3 aliphatic rings. The first-order valence-electron chi connectivity index (χ1n) is 13.5. The lowest BCUT2D eigenvalue weighted by Crippen LogP contribution is -2.70. The zero-order valence-electron chi connectivity index (χ0n) is 22.8. The lowest BCUT2D eigenvalue weighted by atomic mass is 9.68. The first kappa shape index (κ1) is 25.8. The molecule has 0 aromatic heterocycles. The average Bonchev–Trinajstić information content (AvgIpc) is 3.14. The molecule has 0 radical (unpaired) electrons. The molecule has 8 atom stereocenters. The van der Waals surface area contributed by atoms with Crippen LogP contribution in [0.5, 0.6) is 0 Å². The minimum absolute atomic E-state index is 0.0605. The Labute approximate surface area is 198 Å². The van der Waals surface area contributed by atoms with E-state index in [1.54, 1.807) is 0 Å². The predicted octanol–water partition coefficient (Wildman–Crippen LogP) is 5.39. The number of amides is 2. The van der Waals surface area contributed by atoms with Gasteiger partial charge >= 0.3 is 6.03 Å². The van der Waals surface area contributed by atoms with E-state index in [0.29, 0.717) is 23.9 Å². The molecule has 0 aliphatic carbocycles. The van der Waals surface area contributed by atoms with Crippen LogP contribution in [0.4, 0.5) is 4.79 Å². The second-order valence-electron chi connectivity index (χ2n) is 12.4. The van der Waals surface area contributed by atoms with Crippen LogP contribution >= 0.6 is 0 Å². The van der Waals surface area contributed by atoms with Crippen molar-refractivity contribution in [3.05, 3.63) is 0 Å². The monoisotopic (exact) mass is 448 g/mol. The van der Waals surface area contributed by atoms with Gasteiger partial charge in [-0.25, -0.2) is 4.79 Å². The van der Waals surface area contributed by atoms with Crippen LogP contribution < -0.4 is 10.6 Å². The molecular weight excluding hydrogens is 396 g/mol. The Morgan fingerprint density at radius 2 is 1.06 bits per heavy atom. The van der Waals surface area contributed by atoms with Crippen LogP contribution in [-0.4, -0.2) is 63.2 Å². The SMILES string of the molecule is CCC1(C)CC(N2CCN(C3CC(C)(CC)NC(C)(CC)C3C)C2=O)C(C)C(C)(CC)N1. The summed E-state index contributed by atoms with van der Waals surface area (Å²) in [7, 11) is 0. The summed E-state index contributed by atoms with van der Waals surface area (Å²) < 4.78 is 0. The summed E-state index contributed by atoms with van der Waals surface area (Å²) in [6.07, 6.45) is 6.43. The summed E-state index contributed by atoms with van der Waals surface area (Å²) in [5.74, 6) is 0.867. The van der Waals surface area contributed by atoms with Crippen molar-refractivity contribution in [2.24, 2.45) is 11.8 Å². The van der Waals surface area contributed by atoms with E-state index < -0.39 is 0 Å². The molecule has 2 N–H and O–H groups in total. The molecule has 3 heterocycles. The molecule has 3 rings (SSSR count). The number of hydrogen-bond acceptors (Lipinski definition) is 3. The Morgan fingerprint density at radius 3 is 1.34 bits per heavy atom. The third-order valence-electron chi connectivity index (χ3n) is 10.6. The van der Waals surface area contributed by atoms with Gasteiger partial charge in [-0.1, -0.05) is 41.5 Å². The van der Waals surface area contributed by atoms with Gasteiger partial charge in [0.2, 0.25) is 0 Å². The smallest absolute Gasteiger partial charge is 0.319 e. The number of nitrogens with zero attached hydrogens (tertiary/aromatic N) is 2. The minimum atomic E-state index is 0.0605. The Morgan fingerprint density at radius 1 is 0.719 bits per heavy atom. The van der Waals surface area contributed by atoms with E-state index in [2.05, 4.69) is 89.7 Å². The highest BCUT2D eigenvalue weighted by Gasteiger charge is 2.54. The second-order valence-corrected chi connectivity index (χ2v) is 12.4. The highest BCUT2D eigenvalue weighted by atomic mass is 16.2. The zero-order valence-corrected chi connectivity index (χ0v) is 22.8. The number of hydrogen-bond donors (Lipinski definition) is 2. The zero-order chi connectivity index (χ0) is 24.1. The lowest BCUT2D eigenvalue weighted by molar-refractivity contribution is 0.00897. The standard InChI is InChI=1S/C27H52N4O/c1-11-24(7)17-21(19(5)26(9,13-3)28-24)30-15-16-31(23(30)32)22-18-25(8,12-2)29-27(10,14-4)20(22)6/h19-22,28-29H,11-18H2,1-10H3. The minimum Gasteiger partial charge on any atom is -0.319 e. The molecule has 2 amide bonds. The largest absolute Gasteiger partial charge is 0.320 e. The van der Waals surface area contributed by atoms with Crippen LogP contribution in [0, 0.1) is 11.8 Å². The maximum absolute atomic E-state index is 14.0. The van der Waals surface area contributed by atoms with E-state index in [1.165, 1.54) is 0 Å². The molecule has 0 aromatic carbocycles. The molecule has 8 unspecified atom stereocenters. The van der Waals surface area contributed by atoms with Crippen LogP contribution in [0.2, 0.25) is 0 Å². The van der Waals surface area contributed by atoms with Gasteiger partial charge in [0.05, 0.1) is 0 Å². The molecule has 5 heteroatoms. The van der Waals surface area contributed by atoms with Crippen LogP contribution in [0.15, 0.2) is 0 Å². The average molecular weight is 449 g/mol. The van der Waals surface area contributed by atoms with Gasteiger partial charge in [0, 0.05) is 47.3 Å². The molecule has 0 spiro atoms. The number of carbonyl (C=O) groups is 1. The van der Waals surface area contributed by atoms with Crippen molar-refractivity contribution < 1.29 is 4.79 Å². The lowest BCUT2D eigenvalue weighted by Gasteiger charge is -2.56. The van der Waals surface area contributed by atoms with Crippen LogP contribution in [-0.2, 0) is 0 Å².